The zero-order valence-corrected chi connectivity index (χ0v) is 71.5. The summed E-state index contributed by atoms with van der Waals surface area (Å²) in [6.45, 7) is 5.93. The van der Waals surface area contributed by atoms with Crippen molar-refractivity contribution in [2.24, 2.45) is 0 Å². The van der Waals surface area contributed by atoms with Gasteiger partial charge in [-0.2, -0.15) is 54.1 Å². The van der Waals surface area contributed by atoms with Crippen molar-refractivity contribution in [1.29, 1.82) is 0 Å². The number of sulfonamides is 4. The highest BCUT2D eigenvalue weighted by atomic mass is 32.2. The van der Waals surface area contributed by atoms with E-state index < -0.39 is 64.2 Å². The number of carbonyl (C=O) groups excluding carboxylic acids is 7. The summed E-state index contributed by atoms with van der Waals surface area (Å²) in [5.74, 6) is -0.553. The monoisotopic (exact) mass is 1730 g/mol. The molecule has 0 spiro atoms. The van der Waals surface area contributed by atoms with Crippen molar-refractivity contribution in [2.75, 3.05) is 75.1 Å². The van der Waals surface area contributed by atoms with Crippen molar-refractivity contribution < 1.29 is 67.2 Å². The number of hydrogen-bond donors (Lipinski definition) is 9. The number of anilines is 4. The van der Waals surface area contributed by atoms with E-state index in [1.54, 1.807) is 36.1 Å². The molecule has 10 aliphatic rings. The van der Waals surface area contributed by atoms with E-state index in [2.05, 4.69) is 85.6 Å². The summed E-state index contributed by atoms with van der Waals surface area (Å²) in [6, 6.07) is 11.2. The van der Waals surface area contributed by atoms with Crippen LogP contribution < -0.4 is 45.5 Å². The first kappa shape index (κ1) is 85.0. The highest BCUT2D eigenvalue weighted by molar-refractivity contribution is 7.90. The molecule has 0 saturated carbocycles. The molecule has 121 heavy (non-hydrogen) atoms. The lowest BCUT2D eigenvalue weighted by atomic mass is 9.99. The Morgan fingerprint density at radius 2 is 0.669 bits per heavy atom. The van der Waals surface area contributed by atoms with Crippen LogP contribution in [-0.4, -0.2) is 183 Å². The number of aromatic nitrogens is 8. The third-order valence-corrected chi connectivity index (χ3v) is 29.1. The molecule has 9 N–H and O–H groups in total. The minimum absolute atomic E-state index is 0.0199. The number of hydrogen-bond acceptors (Lipinski definition) is 20. The zero-order chi connectivity index (χ0) is 85.2. The summed E-state index contributed by atoms with van der Waals surface area (Å²) >= 11 is 0. The summed E-state index contributed by atoms with van der Waals surface area (Å²) < 4.78 is 115. The summed E-state index contributed by atoms with van der Waals surface area (Å²) in [6.07, 6.45) is 32.0. The molecule has 18 rings (SSSR count). The Morgan fingerprint density at radius 3 is 0.975 bits per heavy atom. The van der Waals surface area contributed by atoms with Gasteiger partial charge < -0.3 is 41.3 Å². The van der Waals surface area contributed by atoms with Crippen LogP contribution in [0.15, 0.2) is 93.4 Å². The molecule has 0 atom stereocenters. The Morgan fingerprint density at radius 1 is 0.380 bits per heavy atom. The van der Waals surface area contributed by atoms with Crippen LogP contribution in [-0.2, 0) is 177 Å². The summed E-state index contributed by atoms with van der Waals surface area (Å²) in [5.41, 5.74) is 22.3. The van der Waals surface area contributed by atoms with E-state index in [-0.39, 0.29) is 57.0 Å². The second-order valence-corrected chi connectivity index (χ2v) is 39.0. The van der Waals surface area contributed by atoms with E-state index in [0.717, 1.165) is 230 Å². The standard InChI is InChI=1S/C22H29N5O3S.C21H25N5O4S.C20H25N5O4S.C19H23N5O4S/c28-22(23-21-18-7-3-5-16(18)15-17-6-4-8-19(17)21)25-31(29,30)20-9-12-27(24-20)14-13-26-10-1-2-11-26;1-13(27)25-11-16(12-25)26-9-8-19(23-26)31(29,30)24-21(28)22-20-17-6-2-4-14(17)10-15-5-3-7-18(15)20;1-24(2)18(26)12-25-10-9-17(22-25)30(28,29)23-20(27)21-19-15-7-3-5-13(15)11-14-6-4-8-16(14)19;1-20-16(25)11-24-9-8-17(22-24)29(27,28)23-19(26)21-18-14-6-2-4-12(14)10-13-5-3-7-15(13)18/h9,12,15H,1-8,10-11,13-14H2,(H2,23,25,28);8-10,16H,2-7,11-12H2,1H3,(H2,22,24,28);9-11H,3-8,12H2,1-2H3,(H2,21,23,27);8-10H,2-7,11H2,1H3,(H,20,25)(H2,21,23,26). The number of likely N-dealkylation sites (tertiary alicyclic amines) is 2. The van der Waals surface area contributed by atoms with Crippen molar-refractivity contribution >= 4 is 105 Å². The minimum Gasteiger partial charge on any atom is -0.358 e. The summed E-state index contributed by atoms with van der Waals surface area (Å²) in [7, 11) is -11.8. The lowest BCUT2D eigenvalue weighted by Crippen LogP contribution is -2.50. The molecule has 8 aromatic rings. The van der Waals surface area contributed by atoms with Gasteiger partial charge in [-0.3, -0.25) is 33.1 Å². The lowest BCUT2D eigenvalue weighted by Gasteiger charge is -2.38. The molecule has 4 aromatic heterocycles. The predicted octanol–water partition coefficient (Wildman–Crippen LogP) is 6.82. The molecule has 4 aromatic carbocycles. The van der Waals surface area contributed by atoms with Crippen molar-refractivity contribution in [3.05, 3.63) is 162 Å². The Kier molecular flexibility index (Phi) is 25.0. The van der Waals surface area contributed by atoms with Gasteiger partial charge >= 0.3 is 24.1 Å². The van der Waals surface area contributed by atoms with Crippen LogP contribution in [0.3, 0.4) is 0 Å². The molecule has 6 heterocycles. The van der Waals surface area contributed by atoms with Crippen LogP contribution in [0, 0.1) is 0 Å². The van der Waals surface area contributed by atoms with Crippen molar-refractivity contribution in [2.45, 2.75) is 220 Å². The second kappa shape index (κ2) is 35.6. The van der Waals surface area contributed by atoms with E-state index in [9.17, 15) is 67.2 Å². The molecular weight excluding hydrogens is 1630 g/mol. The number of likely N-dealkylation sites (N-methyl/N-ethyl adjacent to an activating group) is 2. The van der Waals surface area contributed by atoms with Crippen LogP contribution in [0.5, 0.6) is 0 Å². The summed E-state index contributed by atoms with van der Waals surface area (Å²) in [4.78, 5) is 90.3. The molecule has 0 bridgehead atoms. The van der Waals surface area contributed by atoms with Gasteiger partial charge in [0, 0.05) is 95.2 Å². The zero-order valence-electron chi connectivity index (χ0n) is 68.2. The third kappa shape index (κ3) is 19.2. The normalized spacial score (nSPS) is 16.5. The fourth-order valence-electron chi connectivity index (χ4n) is 18.2. The van der Waals surface area contributed by atoms with Gasteiger partial charge in [-0.25, -0.2) is 38.1 Å². The highest BCUT2D eigenvalue weighted by Gasteiger charge is 2.36. The molecule has 11 amide bonds. The lowest BCUT2D eigenvalue weighted by molar-refractivity contribution is -0.134. The molecule has 2 aliphatic heterocycles. The number of rotatable bonds is 20. The van der Waals surface area contributed by atoms with Gasteiger partial charge in [-0.1, -0.05) is 24.3 Å². The molecule has 2 saturated heterocycles. The van der Waals surface area contributed by atoms with Crippen LogP contribution in [0.1, 0.15) is 166 Å². The van der Waals surface area contributed by atoms with Gasteiger partial charge in [0.15, 0.2) is 20.1 Å². The Bertz CT molecular complexity index is 5790. The third-order valence-electron chi connectivity index (χ3n) is 24.2. The average molecular weight is 1740 g/mol. The number of nitrogens with zero attached hydrogens (tertiary/aromatic N) is 11. The Labute approximate surface area is 702 Å². The second-order valence-electron chi connectivity index (χ2n) is 32.5. The van der Waals surface area contributed by atoms with Gasteiger partial charge in [-0.15, -0.1) is 0 Å². The van der Waals surface area contributed by atoms with E-state index in [1.165, 1.54) is 138 Å². The molecule has 35 nitrogen and oxygen atoms in total. The Hall–Kier alpha value is -11.0. The van der Waals surface area contributed by atoms with E-state index in [0.29, 0.717) is 19.6 Å². The molecule has 644 valence electrons. The number of nitrogens with one attached hydrogen (secondary N) is 9. The topological polar surface area (TPSA) is 445 Å². The molecule has 0 unspecified atom stereocenters. The van der Waals surface area contributed by atoms with Gasteiger partial charge in [0.05, 0.1) is 12.6 Å². The first-order valence-corrected chi connectivity index (χ1v) is 47.4. The number of aryl methyl sites for hydroxylation is 8. The van der Waals surface area contributed by atoms with Gasteiger partial charge in [0.1, 0.15) is 13.1 Å². The van der Waals surface area contributed by atoms with Crippen LogP contribution >= 0.6 is 0 Å². The van der Waals surface area contributed by atoms with E-state index >= 15 is 0 Å². The molecule has 39 heteroatoms. The maximum Gasteiger partial charge on any atom is 0.333 e. The number of urea groups is 4. The van der Waals surface area contributed by atoms with Crippen LogP contribution in [0.2, 0.25) is 0 Å². The minimum atomic E-state index is -4.16. The molecule has 0 radical (unpaired) electrons. The predicted molar refractivity (Wildman–Crippen MR) is 448 cm³/mol. The van der Waals surface area contributed by atoms with Gasteiger partial charge in [-0.05, 0) is 293 Å². The van der Waals surface area contributed by atoms with Gasteiger partial charge in [0.25, 0.3) is 40.1 Å². The number of carbonyl (C=O) groups is 7. The number of fused-ring (bicyclic) bond motifs is 8. The van der Waals surface area contributed by atoms with E-state index in [4.69, 9.17) is 0 Å². The van der Waals surface area contributed by atoms with Crippen molar-refractivity contribution in [1.82, 2.24) is 78.0 Å². The van der Waals surface area contributed by atoms with Crippen LogP contribution in [0.25, 0.3) is 0 Å². The van der Waals surface area contributed by atoms with Gasteiger partial charge in [0.2, 0.25) is 17.7 Å². The van der Waals surface area contributed by atoms with E-state index in [1.807, 2.05) is 9.44 Å². The fourth-order valence-corrected chi connectivity index (χ4v) is 21.6. The molecule has 2 fully saturated rings. The highest BCUT2D eigenvalue weighted by Crippen LogP contribution is 2.43. The molecule has 8 aliphatic carbocycles. The fraction of sp³-hybridized carbons (Fsp3) is 0.476. The van der Waals surface area contributed by atoms with Crippen molar-refractivity contribution in [3.8, 4) is 0 Å². The maximum atomic E-state index is 12.7. The summed E-state index contributed by atoms with van der Waals surface area (Å²) in [5, 5.41) is 28.8. The van der Waals surface area contributed by atoms with Crippen molar-refractivity contribution in [3.63, 3.8) is 0 Å². The number of benzene rings is 4. The maximum absolute atomic E-state index is 12.7. The van der Waals surface area contributed by atoms with Crippen LogP contribution in [0.4, 0.5) is 41.9 Å². The molecular formula is C82H102N20O15S4. The Balaban J connectivity index is 0.000000126. The first-order valence-electron chi connectivity index (χ1n) is 41.5. The average Bonchev–Trinajstić information content (AvgIpc) is 1.79. The first-order chi connectivity index (χ1) is 57.9. The smallest absolute Gasteiger partial charge is 0.333 e. The largest absolute Gasteiger partial charge is 0.358 e. The SMILES string of the molecule is CC(=O)N1CC(n2ccc(S(=O)(=O)NC(=O)Nc3c4c(cc5c3CCC5)CCC4)n2)C1.CN(C)C(=O)Cn1ccc(S(=O)(=O)NC(=O)Nc2c3c(cc4c2CCC4)CCC3)n1.CNC(=O)Cn1ccc(S(=O)(=O)NC(=O)Nc2c3c(cc4c2CCC4)CCC3)n1.O=C(Nc1c2c(cc3c1CCC3)CCC2)NS(=O)(=O)c1ccn(CCN2CCCC2)n1. The number of amides is 11. The quantitative estimate of drug-likeness (QED) is 0.0378.